The van der Waals surface area contributed by atoms with Gasteiger partial charge in [0, 0.05) is 30.0 Å². The number of fused-ring (bicyclic) bond motifs is 1. The molecule has 5 heteroatoms. The second kappa shape index (κ2) is 8.64. The van der Waals surface area contributed by atoms with Crippen molar-refractivity contribution in [2.24, 2.45) is 0 Å². The molecule has 0 radical (unpaired) electrons. The van der Waals surface area contributed by atoms with Crippen LogP contribution < -0.4 is 15.5 Å². The number of carbonyl (C=O) groups excluding carboxylic acids is 2. The normalized spacial score (nSPS) is 12.4. The number of nitrogens with one attached hydrogen (secondary N) is 2. The van der Waals surface area contributed by atoms with Gasteiger partial charge in [-0.15, -0.1) is 0 Å². The highest BCUT2D eigenvalue weighted by molar-refractivity contribution is 6.07. The average molecular weight is 414 g/mol. The maximum absolute atomic E-state index is 13.0. The zero-order valence-corrected chi connectivity index (χ0v) is 18.2. The fraction of sp³-hybridized carbons (Fsp3) is 0.231. The van der Waals surface area contributed by atoms with Crippen molar-refractivity contribution in [1.82, 2.24) is 5.32 Å². The Kier molecular flexibility index (Phi) is 5.76. The van der Waals surface area contributed by atoms with Gasteiger partial charge in [0.2, 0.25) is 0 Å². The predicted molar refractivity (Wildman–Crippen MR) is 125 cm³/mol. The smallest absolute Gasteiger partial charge is 0.319 e. The van der Waals surface area contributed by atoms with E-state index in [2.05, 4.69) is 16.7 Å². The highest BCUT2D eigenvalue weighted by atomic mass is 16.2. The van der Waals surface area contributed by atoms with Crippen molar-refractivity contribution in [3.8, 4) is 0 Å². The number of benzene rings is 3. The predicted octanol–water partition coefficient (Wildman–Crippen LogP) is 5.14. The summed E-state index contributed by atoms with van der Waals surface area (Å²) in [5.74, 6) is 0.0106. The van der Waals surface area contributed by atoms with E-state index < -0.39 is 0 Å². The minimum absolute atomic E-state index is 0.0106. The number of hydrogen-bond acceptors (Lipinski definition) is 2. The largest absolute Gasteiger partial charge is 0.334 e. The summed E-state index contributed by atoms with van der Waals surface area (Å²) in [6.45, 7) is 7.07. The van der Waals surface area contributed by atoms with Crippen LogP contribution in [0.2, 0.25) is 0 Å². The molecule has 1 aliphatic heterocycles. The Morgan fingerprint density at radius 1 is 0.903 bits per heavy atom. The van der Waals surface area contributed by atoms with E-state index in [-0.39, 0.29) is 11.9 Å². The number of urea groups is 1. The Hall–Kier alpha value is -3.60. The van der Waals surface area contributed by atoms with Gasteiger partial charge in [-0.25, -0.2) is 4.79 Å². The number of carbonyl (C=O) groups is 2. The van der Waals surface area contributed by atoms with Gasteiger partial charge in [0.05, 0.1) is 0 Å². The van der Waals surface area contributed by atoms with Crippen molar-refractivity contribution in [3.05, 3.63) is 94.0 Å². The SMILES string of the molecule is Cc1ccc(C(=O)N2CCc3ccc(CNC(=O)Nc4ccc(C)cc4C)cc32)cc1. The second-order valence-electron chi connectivity index (χ2n) is 8.16. The van der Waals surface area contributed by atoms with Crippen molar-refractivity contribution in [2.75, 3.05) is 16.8 Å². The molecule has 1 heterocycles. The summed E-state index contributed by atoms with van der Waals surface area (Å²) < 4.78 is 0. The van der Waals surface area contributed by atoms with Crippen LogP contribution in [0.5, 0.6) is 0 Å². The van der Waals surface area contributed by atoms with Crippen LogP contribution in [0.3, 0.4) is 0 Å². The zero-order chi connectivity index (χ0) is 22.0. The first kappa shape index (κ1) is 20.7. The Balaban J connectivity index is 1.43. The van der Waals surface area contributed by atoms with Crippen LogP contribution in [0.25, 0.3) is 0 Å². The first-order valence-electron chi connectivity index (χ1n) is 10.5. The van der Waals surface area contributed by atoms with Crippen molar-refractivity contribution >= 4 is 23.3 Å². The molecule has 2 N–H and O–H groups in total. The fourth-order valence-corrected chi connectivity index (χ4v) is 3.90. The summed E-state index contributed by atoms with van der Waals surface area (Å²) in [5, 5.41) is 5.81. The van der Waals surface area contributed by atoms with Gasteiger partial charge >= 0.3 is 6.03 Å². The molecule has 0 aromatic heterocycles. The van der Waals surface area contributed by atoms with Crippen LogP contribution in [0.1, 0.15) is 38.2 Å². The lowest BCUT2D eigenvalue weighted by molar-refractivity contribution is 0.0989. The maximum atomic E-state index is 13.0. The van der Waals surface area contributed by atoms with E-state index in [0.29, 0.717) is 18.7 Å². The van der Waals surface area contributed by atoms with Crippen molar-refractivity contribution in [2.45, 2.75) is 33.7 Å². The molecule has 1 aliphatic rings. The fourth-order valence-electron chi connectivity index (χ4n) is 3.90. The lowest BCUT2D eigenvalue weighted by atomic mass is 10.1. The second-order valence-corrected chi connectivity index (χ2v) is 8.16. The molecule has 0 saturated heterocycles. The number of amides is 3. The van der Waals surface area contributed by atoms with Crippen molar-refractivity contribution < 1.29 is 9.59 Å². The van der Waals surface area contributed by atoms with E-state index in [1.165, 1.54) is 0 Å². The molecule has 0 bridgehead atoms. The van der Waals surface area contributed by atoms with Crippen LogP contribution in [-0.4, -0.2) is 18.5 Å². The summed E-state index contributed by atoms with van der Waals surface area (Å²) in [7, 11) is 0. The average Bonchev–Trinajstić information content (AvgIpc) is 3.17. The Morgan fingerprint density at radius 3 is 2.39 bits per heavy atom. The van der Waals surface area contributed by atoms with Crippen LogP contribution in [-0.2, 0) is 13.0 Å². The molecule has 0 fully saturated rings. The molecule has 3 aromatic rings. The molecular formula is C26H27N3O2. The van der Waals surface area contributed by atoms with Gasteiger partial charge in [-0.3, -0.25) is 4.79 Å². The molecule has 0 saturated carbocycles. The summed E-state index contributed by atoms with van der Waals surface area (Å²) in [5.41, 5.74) is 7.85. The third-order valence-corrected chi connectivity index (χ3v) is 5.67. The standard InChI is InChI=1S/C26H27N3O2/c1-17-4-8-22(9-5-17)25(30)29-13-12-21-10-7-20(15-24(21)29)16-27-26(31)28-23-11-6-18(2)14-19(23)3/h4-11,14-15H,12-13,16H2,1-3H3,(H2,27,28,31). The van der Waals surface area contributed by atoms with Crippen molar-refractivity contribution in [1.29, 1.82) is 0 Å². The topological polar surface area (TPSA) is 61.4 Å². The van der Waals surface area contributed by atoms with Gasteiger partial charge in [-0.2, -0.15) is 0 Å². The summed E-state index contributed by atoms with van der Waals surface area (Å²) in [6, 6.07) is 19.4. The van der Waals surface area contributed by atoms with E-state index in [9.17, 15) is 9.59 Å². The van der Waals surface area contributed by atoms with Gasteiger partial charge in [0.1, 0.15) is 0 Å². The molecule has 5 nitrogen and oxygen atoms in total. The lowest BCUT2D eigenvalue weighted by Crippen LogP contribution is -2.30. The summed E-state index contributed by atoms with van der Waals surface area (Å²) in [6.07, 6.45) is 0.841. The van der Waals surface area contributed by atoms with Crippen molar-refractivity contribution in [3.63, 3.8) is 0 Å². The van der Waals surface area contributed by atoms with E-state index >= 15 is 0 Å². The quantitative estimate of drug-likeness (QED) is 0.622. The van der Waals surface area contributed by atoms with E-state index in [1.807, 2.05) is 80.3 Å². The van der Waals surface area contributed by atoms with Gasteiger partial charge in [-0.05, 0) is 68.1 Å². The highest BCUT2D eigenvalue weighted by Gasteiger charge is 2.25. The molecular weight excluding hydrogens is 386 g/mol. The molecule has 31 heavy (non-hydrogen) atoms. The lowest BCUT2D eigenvalue weighted by Gasteiger charge is -2.18. The van der Waals surface area contributed by atoms with E-state index in [0.717, 1.165) is 45.6 Å². The third kappa shape index (κ3) is 4.61. The molecule has 158 valence electrons. The summed E-state index contributed by atoms with van der Waals surface area (Å²) >= 11 is 0. The number of rotatable bonds is 4. The number of anilines is 2. The monoisotopic (exact) mass is 413 g/mol. The number of nitrogens with zero attached hydrogens (tertiary/aromatic N) is 1. The van der Waals surface area contributed by atoms with Gasteiger partial charge in [0.15, 0.2) is 0 Å². The third-order valence-electron chi connectivity index (χ3n) is 5.67. The summed E-state index contributed by atoms with van der Waals surface area (Å²) in [4.78, 5) is 27.2. The van der Waals surface area contributed by atoms with Gasteiger partial charge in [-0.1, -0.05) is 47.5 Å². The van der Waals surface area contributed by atoms with Crippen LogP contribution in [0.4, 0.5) is 16.2 Å². The Labute approximate surface area is 183 Å². The molecule has 0 spiro atoms. The zero-order valence-electron chi connectivity index (χ0n) is 18.2. The Bertz CT molecular complexity index is 1140. The molecule has 3 amide bonds. The van der Waals surface area contributed by atoms with Crippen LogP contribution >= 0.6 is 0 Å². The highest BCUT2D eigenvalue weighted by Crippen LogP contribution is 2.30. The minimum atomic E-state index is -0.250. The maximum Gasteiger partial charge on any atom is 0.319 e. The van der Waals surface area contributed by atoms with Gasteiger partial charge < -0.3 is 15.5 Å². The number of aryl methyl sites for hydroxylation is 3. The molecule has 4 rings (SSSR count). The van der Waals surface area contributed by atoms with E-state index in [1.54, 1.807) is 0 Å². The van der Waals surface area contributed by atoms with Gasteiger partial charge in [0.25, 0.3) is 5.91 Å². The number of hydrogen-bond donors (Lipinski definition) is 2. The molecule has 3 aromatic carbocycles. The molecule has 0 unspecified atom stereocenters. The van der Waals surface area contributed by atoms with Crippen LogP contribution in [0.15, 0.2) is 60.7 Å². The molecule has 0 aliphatic carbocycles. The minimum Gasteiger partial charge on any atom is -0.334 e. The Morgan fingerprint density at radius 2 is 1.65 bits per heavy atom. The van der Waals surface area contributed by atoms with Crippen LogP contribution in [0, 0.1) is 20.8 Å². The van der Waals surface area contributed by atoms with E-state index in [4.69, 9.17) is 0 Å². The molecule has 0 atom stereocenters. The first-order chi connectivity index (χ1) is 14.9. The first-order valence-corrected chi connectivity index (χ1v) is 10.5.